The number of ether oxygens (including phenoxy) is 1. The molecule has 220 valence electrons. The van der Waals surface area contributed by atoms with Crippen LogP contribution in [0, 0.1) is 0 Å². The van der Waals surface area contributed by atoms with E-state index in [2.05, 4.69) is 35.4 Å². The summed E-state index contributed by atoms with van der Waals surface area (Å²) in [6, 6.07) is 24.7. The molecule has 0 amide bonds. The van der Waals surface area contributed by atoms with Gasteiger partial charge in [-0.15, -0.1) is 0 Å². The van der Waals surface area contributed by atoms with Crippen molar-refractivity contribution in [3.63, 3.8) is 0 Å². The first kappa shape index (κ1) is 28.7. The van der Waals surface area contributed by atoms with Crippen LogP contribution in [-0.2, 0) is 16.4 Å². The monoisotopic (exact) mass is 593 g/mol. The van der Waals surface area contributed by atoms with Crippen LogP contribution in [0.5, 0.6) is 5.75 Å². The normalized spacial score (nSPS) is 17.4. The van der Waals surface area contributed by atoms with Gasteiger partial charge in [0.1, 0.15) is 0 Å². The summed E-state index contributed by atoms with van der Waals surface area (Å²) in [6.07, 6.45) is 11.8. The fourth-order valence-corrected chi connectivity index (χ4v) is 7.67. The minimum atomic E-state index is -3.79. The number of rotatable bonds is 9. The number of aromatic nitrogens is 1. The molecule has 1 aromatic heterocycles. The zero-order valence-corrected chi connectivity index (χ0v) is 25.5. The second-order valence-corrected chi connectivity index (χ2v) is 12.7. The van der Waals surface area contributed by atoms with E-state index >= 15 is 0 Å². The third kappa shape index (κ3) is 5.69. The van der Waals surface area contributed by atoms with Crippen LogP contribution in [0.1, 0.15) is 51.8 Å². The van der Waals surface area contributed by atoms with Crippen LogP contribution >= 0.6 is 0 Å². The fourth-order valence-electron chi connectivity index (χ4n) is 5.89. The van der Waals surface area contributed by atoms with E-state index in [1.807, 2.05) is 66.8 Å². The van der Waals surface area contributed by atoms with Gasteiger partial charge in [-0.1, -0.05) is 62.4 Å². The maximum atomic E-state index is 14.2. The van der Waals surface area contributed by atoms with Gasteiger partial charge in [0.2, 0.25) is 21.3 Å². The minimum absolute atomic E-state index is 0.290. The summed E-state index contributed by atoms with van der Waals surface area (Å²) in [7, 11) is -3.79. The number of hydrogen-bond acceptors (Lipinski definition) is 5. The second kappa shape index (κ2) is 12.5. The van der Waals surface area contributed by atoms with E-state index < -0.39 is 9.84 Å². The van der Waals surface area contributed by atoms with Crippen LogP contribution in [0.15, 0.2) is 128 Å². The molecule has 0 fully saturated rings. The molecule has 2 heterocycles. The molecule has 43 heavy (non-hydrogen) atoms. The predicted molar refractivity (Wildman–Crippen MR) is 171 cm³/mol. The van der Waals surface area contributed by atoms with E-state index in [9.17, 15) is 8.42 Å². The van der Waals surface area contributed by atoms with Gasteiger partial charge in [0.15, 0.2) is 12.3 Å². The van der Waals surface area contributed by atoms with Gasteiger partial charge >= 0.3 is 5.89 Å². The molecule has 1 aliphatic heterocycles. The SMILES string of the molecule is CCCN1/C(=C/C=C2\CCCC(/C=C/c3oc4ccccc4[n+]3CCC)=C2S(=O)(=O)c2ccccc2)Oc2ccccc21. The second-order valence-electron chi connectivity index (χ2n) is 10.8. The molecule has 0 saturated carbocycles. The van der Waals surface area contributed by atoms with Gasteiger partial charge in [-0.3, -0.25) is 0 Å². The van der Waals surface area contributed by atoms with Gasteiger partial charge in [-0.05, 0) is 79.3 Å². The number of hydrogen-bond donors (Lipinski definition) is 0. The number of para-hydroxylation sites is 4. The van der Waals surface area contributed by atoms with Gasteiger partial charge in [0.05, 0.1) is 21.6 Å². The minimum Gasteiger partial charge on any atom is -0.439 e. The lowest BCUT2D eigenvalue weighted by molar-refractivity contribution is -0.678. The third-order valence-corrected chi connectivity index (χ3v) is 9.77. The Labute approximate surface area is 253 Å². The first-order chi connectivity index (χ1) is 21.0. The highest BCUT2D eigenvalue weighted by Gasteiger charge is 2.30. The summed E-state index contributed by atoms with van der Waals surface area (Å²) in [5.74, 6) is 2.22. The highest BCUT2D eigenvalue weighted by atomic mass is 32.2. The Morgan fingerprint density at radius 1 is 0.860 bits per heavy atom. The van der Waals surface area contributed by atoms with Crippen molar-refractivity contribution in [2.45, 2.75) is 57.4 Å². The maximum Gasteiger partial charge on any atom is 0.374 e. The molecule has 0 N–H and O–H groups in total. The topological polar surface area (TPSA) is 63.6 Å². The lowest BCUT2D eigenvalue weighted by atomic mass is 9.94. The highest BCUT2D eigenvalue weighted by Crippen LogP contribution is 2.40. The number of anilines is 1. The van der Waals surface area contributed by atoms with E-state index in [0.29, 0.717) is 34.4 Å². The van der Waals surface area contributed by atoms with Crippen LogP contribution in [0.25, 0.3) is 17.2 Å². The number of benzene rings is 3. The summed E-state index contributed by atoms with van der Waals surface area (Å²) in [4.78, 5) is 2.81. The van der Waals surface area contributed by atoms with E-state index in [4.69, 9.17) is 9.15 Å². The molecule has 0 spiro atoms. The summed E-state index contributed by atoms with van der Waals surface area (Å²) in [5, 5.41) is 0. The van der Waals surface area contributed by atoms with Gasteiger partial charge in [0, 0.05) is 19.0 Å². The molecule has 6 rings (SSSR count). The lowest BCUT2D eigenvalue weighted by Gasteiger charge is -2.22. The smallest absolute Gasteiger partial charge is 0.374 e. The Balaban J connectivity index is 1.46. The number of fused-ring (bicyclic) bond motifs is 2. The molecule has 1 aliphatic carbocycles. The van der Waals surface area contributed by atoms with Crippen molar-refractivity contribution in [3.8, 4) is 5.75 Å². The fraction of sp³-hybridized carbons (Fsp3) is 0.250. The van der Waals surface area contributed by atoms with Crippen molar-refractivity contribution >= 4 is 32.7 Å². The van der Waals surface area contributed by atoms with Crippen LogP contribution in [0.3, 0.4) is 0 Å². The largest absolute Gasteiger partial charge is 0.439 e. The van der Waals surface area contributed by atoms with E-state index in [1.165, 1.54) is 0 Å². The number of aryl methyl sites for hydroxylation is 1. The van der Waals surface area contributed by atoms with E-state index in [-0.39, 0.29) is 0 Å². The summed E-state index contributed by atoms with van der Waals surface area (Å²) in [6.45, 7) is 5.88. The van der Waals surface area contributed by atoms with Crippen molar-refractivity contribution in [2.24, 2.45) is 0 Å². The van der Waals surface area contributed by atoms with Gasteiger partial charge < -0.3 is 14.1 Å². The van der Waals surface area contributed by atoms with Gasteiger partial charge in [-0.2, -0.15) is 4.57 Å². The zero-order chi connectivity index (χ0) is 29.8. The predicted octanol–water partition coefficient (Wildman–Crippen LogP) is 8.13. The average molecular weight is 594 g/mol. The van der Waals surface area contributed by atoms with Crippen LogP contribution in [0.2, 0.25) is 0 Å². The van der Waals surface area contributed by atoms with Crippen LogP contribution < -0.4 is 14.2 Å². The Morgan fingerprint density at radius 3 is 2.44 bits per heavy atom. The number of allylic oxidation sites excluding steroid dienone is 5. The Kier molecular flexibility index (Phi) is 8.34. The van der Waals surface area contributed by atoms with E-state index in [0.717, 1.165) is 66.0 Å². The number of oxazole rings is 1. The molecule has 4 aromatic rings. The van der Waals surface area contributed by atoms with Crippen LogP contribution in [0.4, 0.5) is 5.69 Å². The molecule has 6 nitrogen and oxygen atoms in total. The molecule has 0 saturated heterocycles. The quantitative estimate of drug-likeness (QED) is 0.183. The summed E-state index contributed by atoms with van der Waals surface area (Å²) >= 11 is 0. The Bertz CT molecular complexity index is 1860. The van der Waals surface area contributed by atoms with Gasteiger partial charge in [-0.25, -0.2) is 8.42 Å². The standard InChI is InChI=1S/C36H37N2O4S/c1-3-25-37-30-17-8-10-19-32(30)41-34(37)23-21-27-13-12-14-28(36(27)43(39,40)29-15-6-5-7-16-29)22-24-35-38(26-4-2)31-18-9-11-20-33(31)42-35/h5-11,15-24H,3-4,12-14,25-26H2,1-2H3/q+1. The van der Waals surface area contributed by atoms with Gasteiger partial charge in [0.25, 0.3) is 5.52 Å². The highest BCUT2D eigenvalue weighted by molar-refractivity contribution is 7.95. The third-order valence-electron chi connectivity index (χ3n) is 7.82. The summed E-state index contributed by atoms with van der Waals surface area (Å²) < 4.78 is 43.1. The van der Waals surface area contributed by atoms with Crippen molar-refractivity contribution < 1.29 is 22.1 Å². The zero-order valence-electron chi connectivity index (χ0n) is 24.7. The molecular formula is C36H37N2O4S+. The summed E-state index contributed by atoms with van der Waals surface area (Å²) in [5.41, 5.74) is 4.43. The molecule has 0 atom stereocenters. The molecule has 0 unspecified atom stereocenters. The Hall–Kier alpha value is -4.36. The molecule has 0 radical (unpaired) electrons. The van der Waals surface area contributed by atoms with E-state index in [1.54, 1.807) is 24.3 Å². The first-order valence-electron chi connectivity index (χ1n) is 15.1. The molecule has 2 aliphatic rings. The first-order valence-corrected chi connectivity index (χ1v) is 16.6. The van der Waals surface area contributed by atoms with Crippen molar-refractivity contribution in [2.75, 3.05) is 11.4 Å². The number of nitrogens with zero attached hydrogens (tertiary/aromatic N) is 2. The maximum absolute atomic E-state index is 14.2. The number of sulfone groups is 1. The van der Waals surface area contributed by atoms with Crippen LogP contribution in [-0.4, -0.2) is 15.0 Å². The Morgan fingerprint density at radius 2 is 1.63 bits per heavy atom. The molecule has 3 aromatic carbocycles. The molecular weight excluding hydrogens is 556 g/mol. The lowest BCUT2D eigenvalue weighted by Crippen LogP contribution is -2.34. The van der Waals surface area contributed by atoms with Crippen molar-refractivity contribution in [3.05, 3.63) is 125 Å². The average Bonchev–Trinajstić information content (AvgIpc) is 3.57. The molecule has 0 bridgehead atoms. The van der Waals surface area contributed by atoms with Crippen molar-refractivity contribution in [1.29, 1.82) is 0 Å². The van der Waals surface area contributed by atoms with Crippen molar-refractivity contribution in [1.82, 2.24) is 0 Å². The molecule has 7 heteroatoms.